The molecule has 0 bridgehead atoms. The van der Waals surface area contributed by atoms with Crippen molar-refractivity contribution in [3.8, 4) is 5.75 Å². The molecule has 220 valence electrons. The Kier molecular flexibility index (Phi) is 6.49. The van der Waals surface area contributed by atoms with E-state index in [-0.39, 0.29) is 11.3 Å². The number of fused-ring (bicyclic) bond motifs is 3. The van der Waals surface area contributed by atoms with Gasteiger partial charge >= 0.3 is 0 Å². The van der Waals surface area contributed by atoms with Crippen molar-refractivity contribution in [2.24, 2.45) is 22.7 Å². The number of aryl methyl sites for hydroxylation is 2. The maximum Gasteiger partial charge on any atom is 0.203 e. The zero-order valence-corrected chi connectivity index (χ0v) is 24.7. The van der Waals surface area contributed by atoms with Gasteiger partial charge in [-0.25, -0.2) is 0 Å². The van der Waals surface area contributed by atoms with Gasteiger partial charge in [0.25, 0.3) is 0 Å². The molecule has 3 aliphatic rings. The SMILES string of the molecule is CC(=O)C1=C(O)[C@]2(O)C(=O)C3=C(O)c4c(O)cccc4/C(=C\c4ccc(C)cc4C)[C@]3(C)[C@@H](O)[C@]2(C)C(C(C)C)C1=O. The number of aliphatic hydroxyl groups is 4. The van der Waals surface area contributed by atoms with E-state index in [2.05, 4.69) is 0 Å². The van der Waals surface area contributed by atoms with Crippen LogP contribution < -0.4 is 0 Å². The van der Waals surface area contributed by atoms with Gasteiger partial charge in [-0.05, 0) is 68.0 Å². The van der Waals surface area contributed by atoms with Gasteiger partial charge < -0.3 is 25.5 Å². The Morgan fingerprint density at radius 2 is 1.67 bits per heavy atom. The van der Waals surface area contributed by atoms with E-state index in [0.29, 0.717) is 11.1 Å². The summed E-state index contributed by atoms with van der Waals surface area (Å²) in [4.78, 5) is 41.1. The third-order valence-electron chi connectivity index (χ3n) is 9.83. The average Bonchev–Trinajstić information content (AvgIpc) is 2.89. The first-order valence-electron chi connectivity index (χ1n) is 14.0. The van der Waals surface area contributed by atoms with E-state index in [9.17, 15) is 39.9 Å². The highest BCUT2D eigenvalue weighted by Gasteiger charge is 2.76. The topological polar surface area (TPSA) is 152 Å². The normalized spacial score (nSPS) is 31.8. The van der Waals surface area contributed by atoms with E-state index in [4.69, 9.17) is 0 Å². The molecular weight excluding hydrogens is 536 g/mol. The molecule has 1 unspecified atom stereocenters. The first kappa shape index (κ1) is 29.5. The monoisotopic (exact) mass is 572 g/mol. The molecule has 2 aromatic rings. The first-order chi connectivity index (χ1) is 19.5. The fourth-order valence-corrected chi connectivity index (χ4v) is 7.84. The molecule has 1 saturated carbocycles. The predicted octanol–water partition coefficient (Wildman–Crippen LogP) is 4.78. The molecule has 5 rings (SSSR count). The fraction of sp³-hybridized carbons (Fsp3) is 0.382. The molecule has 0 amide bonds. The molecule has 3 aliphatic carbocycles. The molecule has 0 aromatic heterocycles. The van der Waals surface area contributed by atoms with Gasteiger partial charge in [0.1, 0.15) is 22.8 Å². The van der Waals surface area contributed by atoms with Crippen LogP contribution in [0.1, 0.15) is 62.4 Å². The first-order valence-corrected chi connectivity index (χ1v) is 14.0. The van der Waals surface area contributed by atoms with Gasteiger partial charge in [-0.1, -0.05) is 56.7 Å². The van der Waals surface area contributed by atoms with Crippen LogP contribution in [0.4, 0.5) is 0 Å². The summed E-state index contributed by atoms with van der Waals surface area (Å²) in [5, 5.41) is 58.8. The maximum absolute atomic E-state index is 14.7. The molecule has 42 heavy (non-hydrogen) atoms. The van der Waals surface area contributed by atoms with Gasteiger partial charge in [-0.2, -0.15) is 0 Å². The van der Waals surface area contributed by atoms with E-state index in [1.165, 1.54) is 13.0 Å². The maximum atomic E-state index is 14.7. The van der Waals surface area contributed by atoms with Crippen LogP contribution in [-0.4, -0.2) is 54.6 Å². The van der Waals surface area contributed by atoms with Gasteiger partial charge in [0, 0.05) is 11.3 Å². The van der Waals surface area contributed by atoms with E-state index < -0.39 is 74.4 Å². The number of phenols is 1. The van der Waals surface area contributed by atoms with Gasteiger partial charge in [0.15, 0.2) is 17.2 Å². The third kappa shape index (κ3) is 3.39. The summed E-state index contributed by atoms with van der Waals surface area (Å²) in [6.45, 7) is 11.2. The summed E-state index contributed by atoms with van der Waals surface area (Å²) < 4.78 is 0. The van der Waals surface area contributed by atoms with Crippen molar-refractivity contribution in [2.75, 3.05) is 0 Å². The van der Waals surface area contributed by atoms with Crippen LogP contribution in [-0.2, 0) is 14.4 Å². The Labute approximate surface area is 244 Å². The number of hydrogen-bond donors (Lipinski definition) is 5. The molecule has 8 nitrogen and oxygen atoms in total. The summed E-state index contributed by atoms with van der Waals surface area (Å²) in [6, 6.07) is 10.3. The number of Topliss-reactive ketones (excluding diaryl/α,β-unsaturated/α-hetero) is 3. The molecule has 1 fully saturated rings. The predicted molar refractivity (Wildman–Crippen MR) is 157 cm³/mol. The zero-order valence-electron chi connectivity index (χ0n) is 24.7. The number of allylic oxidation sites excluding steroid dienone is 1. The average molecular weight is 573 g/mol. The van der Waals surface area contributed by atoms with Crippen LogP contribution in [0, 0.1) is 36.5 Å². The summed E-state index contributed by atoms with van der Waals surface area (Å²) in [5.74, 6) is -6.76. The molecule has 0 aliphatic heterocycles. The number of carbonyl (C=O) groups is 3. The van der Waals surface area contributed by atoms with Crippen molar-refractivity contribution in [2.45, 2.75) is 60.2 Å². The number of phenolic OH excluding ortho intramolecular Hbond substituents is 1. The molecule has 0 spiro atoms. The van der Waals surface area contributed by atoms with E-state index >= 15 is 0 Å². The molecule has 2 aromatic carbocycles. The highest BCUT2D eigenvalue weighted by Crippen LogP contribution is 2.67. The number of carbonyl (C=O) groups excluding carboxylic acids is 3. The Hall–Kier alpha value is -4.01. The lowest BCUT2D eigenvalue weighted by atomic mass is 9.41. The van der Waals surface area contributed by atoms with Crippen molar-refractivity contribution in [3.63, 3.8) is 0 Å². The second-order valence-electron chi connectivity index (χ2n) is 12.6. The second kappa shape index (κ2) is 9.24. The lowest BCUT2D eigenvalue weighted by molar-refractivity contribution is -0.207. The lowest BCUT2D eigenvalue weighted by Crippen LogP contribution is -2.75. The van der Waals surface area contributed by atoms with Gasteiger partial charge in [0.2, 0.25) is 5.78 Å². The minimum absolute atomic E-state index is 0.0729. The highest BCUT2D eigenvalue weighted by atomic mass is 16.4. The Morgan fingerprint density at radius 3 is 2.24 bits per heavy atom. The van der Waals surface area contributed by atoms with Gasteiger partial charge in [-0.3, -0.25) is 14.4 Å². The Morgan fingerprint density at radius 1 is 1.02 bits per heavy atom. The lowest BCUT2D eigenvalue weighted by Gasteiger charge is -2.62. The molecule has 5 atom stereocenters. The smallest absolute Gasteiger partial charge is 0.203 e. The summed E-state index contributed by atoms with van der Waals surface area (Å²) in [6.07, 6.45) is 0.0273. The van der Waals surface area contributed by atoms with Crippen molar-refractivity contribution in [1.29, 1.82) is 0 Å². The largest absolute Gasteiger partial charge is 0.508 e. The second-order valence-corrected chi connectivity index (χ2v) is 12.6. The van der Waals surface area contributed by atoms with Crippen molar-refractivity contribution in [3.05, 3.63) is 81.1 Å². The van der Waals surface area contributed by atoms with E-state index in [1.807, 2.05) is 32.0 Å². The molecular formula is C34H36O8. The van der Waals surface area contributed by atoms with Crippen molar-refractivity contribution >= 4 is 34.8 Å². The van der Waals surface area contributed by atoms with Crippen LogP contribution in [0.2, 0.25) is 0 Å². The van der Waals surface area contributed by atoms with Crippen LogP contribution in [0.3, 0.4) is 0 Å². The van der Waals surface area contributed by atoms with Crippen LogP contribution >= 0.6 is 0 Å². The standard InChI is InChI=1S/C34H36O8/c1-15(2)25-27(37)23(18(5)35)29(39)34(42)30(40)26-28(38)24-20(9-8-10-22(24)36)21(32(26,6)31(41)33(25,34)7)14-19-12-11-16(3)13-17(19)4/h8-15,25,31,36,38-39,41-42H,1-7H3/b21-14+/t25?,31-,32+,33+,34+/m1/s1. The van der Waals surface area contributed by atoms with Crippen LogP contribution in [0.5, 0.6) is 5.75 Å². The quantitative estimate of drug-likeness (QED) is 0.330. The number of benzene rings is 2. The number of aliphatic hydroxyl groups excluding tert-OH is 3. The van der Waals surface area contributed by atoms with Crippen molar-refractivity contribution < 1.29 is 39.9 Å². The minimum Gasteiger partial charge on any atom is -0.508 e. The third-order valence-corrected chi connectivity index (χ3v) is 9.83. The molecule has 0 heterocycles. The number of rotatable bonds is 3. The highest BCUT2D eigenvalue weighted by molar-refractivity contribution is 6.25. The van der Waals surface area contributed by atoms with Crippen molar-refractivity contribution in [1.82, 2.24) is 0 Å². The Bertz CT molecular complexity index is 1690. The Balaban J connectivity index is 1.96. The zero-order chi connectivity index (χ0) is 31.3. The molecule has 8 heteroatoms. The number of hydrogen-bond acceptors (Lipinski definition) is 8. The summed E-state index contributed by atoms with van der Waals surface area (Å²) >= 11 is 0. The summed E-state index contributed by atoms with van der Waals surface area (Å²) in [5.41, 5.74) is -4.53. The summed E-state index contributed by atoms with van der Waals surface area (Å²) in [7, 11) is 0. The number of aromatic hydroxyl groups is 1. The van der Waals surface area contributed by atoms with Crippen LogP contribution in [0.25, 0.3) is 17.4 Å². The minimum atomic E-state index is -2.94. The van der Waals surface area contributed by atoms with Crippen LogP contribution in [0.15, 0.2) is 53.3 Å². The molecule has 0 saturated heterocycles. The van der Waals surface area contributed by atoms with E-state index in [1.54, 1.807) is 39.0 Å². The van der Waals surface area contributed by atoms with Gasteiger partial charge in [-0.15, -0.1) is 0 Å². The molecule has 5 N–H and O–H groups in total. The molecule has 0 radical (unpaired) electrons. The number of ketones is 3. The van der Waals surface area contributed by atoms with Gasteiger partial charge in [0.05, 0.1) is 22.7 Å². The van der Waals surface area contributed by atoms with E-state index in [0.717, 1.165) is 23.6 Å². The fourth-order valence-electron chi connectivity index (χ4n) is 7.84.